The largest absolute Gasteiger partial charge is 0.384 e. The van der Waals surface area contributed by atoms with Gasteiger partial charge in [0.25, 0.3) is 5.91 Å². The van der Waals surface area contributed by atoms with Crippen molar-refractivity contribution in [3.8, 4) is 0 Å². The van der Waals surface area contributed by atoms with Crippen LogP contribution in [-0.4, -0.2) is 30.1 Å². The van der Waals surface area contributed by atoms with Crippen molar-refractivity contribution in [1.29, 1.82) is 0 Å². The van der Waals surface area contributed by atoms with Crippen LogP contribution in [0.1, 0.15) is 23.8 Å². The van der Waals surface area contributed by atoms with Crippen LogP contribution in [0.5, 0.6) is 0 Å². The molecule has 2 rings (SSSR count). The molecule has 0 spiro atoms. The molecule has 5 nitrogen and oxygen atoms in total. The maximum Gasteiger partial charge on any atom is 0.271 e. The van der Waals surface area contributed by atoms with Crippen molar-refractivity contribution >= 4 is 23.3 Å². The summed E-state index contributed by atoms with van der Waals surface area (Å²) in [5.74, 6) is 0.276. The minimum Gasteiger partial charge on any atom is -0.384 e. The van der Waals surface area contributed by atoms with Gasteiger partial charge in [0.05, 0.1) is 11.6 Å². The molecule has 1 amide bonds. The zero-order valence-corrected chi connectivity index (χ0v) is 10.9. The van der Waals surface area contributed by atoms with E-state index in [4.69, 9.17) is 22.1 Å². The zero-order valence-electron chi connectivity index (χ0n) is 10.1. The second-order valence-corrected chi connectivity index (χ2v) is 4.89. The Morgan fingerprint density at radius 1 is 1.61 bits per heavy atom. The number of nitrogens with one attached hydrogen (secondary N) is 1. The average Bonchev–Trinajstić information content (AvgIpc) is 2.35. The van der Waals surface area contributed by atoms with Gasteiger partial charge in [-0.3, -0.25) is 4.79 Å². The molecular formula is C12H16ClN3O2. The molecule has 0 saturated carbocycles. The van der Waals surface area contributed by atoms with E-state index in [-0.39, 0.29) is 29.4 Å². The molecule has 18 heavy (non-hydrogen) atoms. The molecule has 1 aliphatic rings. The van der Waals surface area contributed by atoms with Crippen molar-refractivity contribution in [2.45, 2.75) is 19.4 Å². The lowest BCUT2D eigenvalue weighted by molar-refractivity contribution is 0.0374. The van der Waals surface area contributed by atoms with Crippen LogP contribution in [0.25, 0.3) is 0 Å². The molecule has 2 unspecified atom stereocenters. The number of amides is 1. The molecular weight excluding hydrogens is 254 g/mol. The van der Waals surface area contributed by atoms with Gasteiger partial charge in [0, 0.05) is 12.6 Å². The van der Waals surface area contributed by atoms with E-state index < -0.39 is 0 Å². The highest BCUT2D eigenvalue weighted by molar-refractivity contribution is 6.33. The fraction of sp³-hybridized carbons (Fsp3) is 0.500. The van der Waals surface area contributed by atoms with Gasteiger partial charge >= 0.3 is 0 Å². The van der Waals surface area contributed by atoms with E-state index >= 15 is 0 Å². The number of hydrogen-bond acceptors (Lipinski definition) is 4. The molecule has 1 fully saturated rings. The molecule has 0 radical (unpaired) electrons. The first kappa shape index (κ1) is 13.1. The summed E-state index contributed by atoms with van der Waals surface area (Å²) in [4.78, 5) is 16.0. The second kappa shape index (κ2) is 5.54. The summed E-state index contributed by atoms with van der Waals surface area (Å²) in [6, 6.07) is 3.23. The minimum atomic E-state index is -0.286. The third-order valence-corrected chi connectivity index (χ3v) is 3.34. The first-order chi connectivity index (χ1) is 8.58. The molecule has 1 aromatic heterocycles. The predicted molar refractivity (Wildman–Crippen MR) is 69.5 cm³/mol. The summed E-state index contributed by atoms with van der Waals surface area (Å²) in [6.07, 6.45) is 0.798. The zero-order chi connectivity index (χ0) is 13.1. The van der Waals surface area contributed by atoms with Crippen molar-refractivity contribution in [3.05, 3.63) is 22.8 Å². The summed E-state index contributed by atoms with van der Waals surface area (Å²) in [5.41, 5.74) is 5.73. The molecule has 98 valence electrons. The minimum absolute atomic E-state index is 0.0885. The molecule has 0 aromatic carbocycles. The van der Waals surface area contributed by atoms with E-state index in [1.807, 2.05) is 6.92 Å². The molecule has 1 aromatic rings. The summed E-state index contributed by atoms with van der Waals surface area (Å²) >= 11 is 5.94. The fourth-order valence-electron chi connectivity index (χ4n) is 1.95. The van der Waals surface area contributed by atoms with Crippen molar-refractivity contribution in [3.63, 3.8) is 0 Å². The smallest absolute Gasteiger partial charge is 0.271 e. The molecule has 2 heterocycles. The van der Waals surface area contributed by atoms with Gasteiger partial charge in [-0.25, -0.2) is 4.98 Å². The Kier molecular flexibility index (Phi) is 4.04. The van der Waals surface area contributed by atoms with Crippen molar-refractivity contribution in [2.24, 2.45) is 5.92 Å². The molecule has 1 saturated heterocycles. The Labute approximate surface area is 111 Å². The fourth-order valence-corrected chi connectivity index (χ4v) is 2.14. The third kappa shape index (κ3) is 2.91. The first-order valence-corrected chi connectivity index (χ1v) is 6.26. The van der Waals surface area contributed by atoms with Crippen molar-refractivity contribution in [1.82, 2.24) is 10.3 Å². The molecule has 6 heteroatoms. The molecule has 2 atom stereocenters. The van der Waals surface area contributed by atoms with Gasteiger partial charge < -0.3 is 15.8 Å². The summed E-state index contributed by atoms with van der Waals surface area (Å²) in [5, 5.41) is 3.24. The van der Waals surface area contributed by atoms with E-state index in [0.717, 1.165) is 6.42 Å². The van der Waals surface area contributed by atoms with Gasteiger partial charge in [-0.15, -0.1) is 0 Å². The number of rotatable bonds is 2. The quantitative estimate of drug-likeness (QED) is 0.852. The van der Waals surface area contributed by atoms with Gasteiger partial charge in [-0.05, 0) is 24.5 Å². The van der Waals surface area contributed by atoms with Crippen LogP contribution in [0.2, 0.25) is 5.02 Å². The van der Waals surface area contributed by atoms with E-state index in [1.165, 1.54) is 0 Å². The number of ether oxygens (including phenoxy) is 1. The van der Waals surface area contributed by atoms with Crippen LogP contribution < -0.4 is 11.1 Å². The van der Waals surface area contributed by atoms with Crippen LogP contribution in [0, 0.1) is 5.92 Å². The van der Waals surface area contributed by atoms with Gasteiger partial charge in [-0.2, -0.15) is 0 Å². The average molecular weight is 270 g/mol. The van der Waals surface area contributed by atoms with E-state index in [9.17, 15) is 4.79 Å². The lowest BCUT2D eigenvalue weighted by Crippen LogP contribution is -2.44. The standard InChI is InChI=1S/C12H16ClN3O2/c1-7-6-18-5-4-9(7)15-12(17)11-8(13)2-3-10(14)16-11/h2-3,7,9H,4-6H2,1H3,(H2,14,16)(H,15,17). The summed E-state index contributed by atoms with van der Waals surface area (Å²) in [6.45, 7) is 3.36. The van der Waals surface area contributed by atoms with E-state index in [1.54, 1.807) is 12.1 Å². The highest BCUT2D eigenvalue weighted by atomic mass is 35.5. The molecule has 0 aliphatic carbocycles. The number of nitrogen functional groups attached to an aromatic ring is 1. The molecule has 0 bridgehead atoms. The van der Waals surface area contributed by atoms with Gasteiger partial charge in [0.15, 0.2) is 0 Å². The lowest BCUT2D eigenvalue weighted by atomic mass is 9.98. The molecule has 1 aliphatic heterocycles. The summed E-state index contributed by atoms with van der Waals surface area (Å²) in [7, 11) is 0. The number of hydrogen-bond donors (Lipinski definition) is 2. The number of carbonyl (C=O) groups excluding carboxylic acids is 1. The Bertz CT molecular complexity index is 453. The number of aromatic nitrogens is 1. The SMILES string of the molecule is CC1COCCC1NC(=O)c1nc(N)ccc1Cl. The summed E-state index contributed by atoms with van der Waals surface area (Å²) < 4.78 is 5.33. The Morgan fingerprint density at radius 3 is 3.11 bits per heavy atom. The van der Waals surface area contributed by atoms with Crippen LogP contribution in [0.4, 0.5) is 5.82 Å². The van der Waals surface area contributed by atoms with Crippen LogP contribution in [0.15, 0.2) is 12.1 Å². The topological polar surface area (TPSA) is 77.2 Å². The maximum absolute atomic E-state index is 12.1. The number of carbonyl (C=O) groups is 1. The number of nitrogens with two attached hydrogens (primary N) is 1. The Balaban J connectivity index is 2.09. The Morgan fingerprint density at radius 2 is 2.39 bits per heavy atom. The van der Waals surface area contributed by atoms with Gasteiger partial charge in [0.2, 0.25) is 0 Å². The van der Waals surface area contributed by atoms with Gasteiger partial charge in [-0.1, -0.05) is 18.5 Å². The van der Waals surface area contributed by atoms with Crippen molar-refractivity contribution < 1.29 is 9.53 Å². The van der Waals surface area contributed by atoms with Crippen LogP contribution in [0.3, 0.4) is 0 Å². The van der Waals surface area contributed by atoms with E-state index in [0.29, 0.717) is 18.2 Å². The second-order valence-electron chi connectivity index (χ2n) is 4.49. The molecule has 3 N–H and O–H groups in total. The predicted octanol–water partition coefficient (Wildman–Crippen LogP) is 1.47. The lowest BCUT2D eigenvalue weighted by Gasteiger charge is -2.29. The number of halogens is 1. The normalized spacial score (nSPS) is 23.7. The maximum atomic E-state index is 12.1. The highest BCUT2D eigenvalue weighted by Crippen LogP contribution is 2.18. The number of anilines is 1. The Hall–Kier alpha value is -1.33. The highest BCUT2D eigenvalue weighted by Gasteiger charge is 2.25. The van der Waals surface area contributed by atoms with Crippen LogP contribution in [-0.2, 0) is 4.74 Å². The van der Waals surface area contributed by atoms with Crippen molar-refractivity contribution in [2.75, 3.05) is 18.9 Å². The van der Waals surface area contributed by atoms with Gasteiger partial charge in [0.1, 0.15) is 11.5 Å². The first-order valence-electron chi connectivity index (χ1n) is 5.88. The third-order valence-electron chi connectivity index (χ3n) is 3.04. The number of nitrogens with zero attached hydrogens (tertiary/aromatic N) is 1. The van der Waals surface area contributed by atoms with Crippen LogP contribution >= 0.6 is 11.6 Å². The number of pyridine rings is 1. The monoisotopic (exact) mass is 269 g/mol. The van der Waals surface area contributed by atoms with E-state index in [2.05, 4.69) is 10.3 Å².